The highest BCUT2D eigenvalue weighted by Crippen LogP contribution is 2.26. The molecular weight excluding hydrogens is 408 g/mol. The summed E-state index contributed by atoms with van der Waals surface area (Å²) in [5.74, 6) is 0.297. The number of fused-ring (bicyclic) bond motifs is 2. The number of quaternary nitrogens is 1. The fraction of sp³-hybridized carbons (Fsp3) is 0.273. The van der Waals surface area contributed by atoms with E-state index in [2.05, 4.69) is 19.1 Å². The Balaban J connectivity index is 0.00000160. The molecular formula is C22H25ClN2O5. The molecule has 1 amide bonds. The Kier molecular flexibility index (Phi) is 7.61. The standard InChI is InChI=1S/C22H22N2O4.ClH.H2O/c1-3-27-22(26)24-14-23(15(2)16-9-5-4-6-10-16)13-18-20(25)17-11-7-8-12-19(17)28-21(18)24;;/h4-12,15H,3,13-14H2,1-2H3;1H;1H2. The summed E-state index contributed by atoms with van der Waals surface area (Å²) in [4.78, 5) is 28.3. The van der Waals surface area contributed by atoms with Crippen molar-refractivity contribution in [3.63, 3.8) is 0 Å². The third-order valence-electron chi connectivity index (χ3n) is 5.28. The number of hydrogen-bond acceptors (Lipinski definition) is 4. The number of halogens is 1. The van der Waals surface area contributed by atoms with Crippen LogP contribution in [0.4, 0.5) is 10.7 Å². The molecule has 2 atom stereocenters. The van der Waals surface area contributed by atoms with Crippen LogP contribution in [0.15, 0.2) is 63.8 Å². The van der Waals surface area contributed by atoms with E-state index in [9.17, 15) is 9.59 Å². The molecule has 160 valence electrons. The minimum atomic E-state index is -0.500. The van der Waals surface area contributed by atoms with E-state index in [4.69, 9.17) is 9.15 Å². The van der Waals surface area contributed by atoms with Crippen molar-refractivity contribution in [2.24, 2.45) is 0 Å². The molecule has 3 aromatic rings. The molecule has 0 saturated carbocycles. The molecule has 4 rings (SSSR count). The predicted molar refractivity (Wildman–Crippen MR) is 110 cm³/mol. The van der Waals surface area contributed by atoms with Crippen LogP contribution in [0.5, 0.6) is 0 Å². The lowest BCUT2D eigenvalue weighted by Crippen LogP contribution is -3.13. The van der Waals surface area contributed by atoms with Crippen LogP contribution in [0.3, 0.4) is 0 Å². The van der Waals surface area contributed by atoms with E-state index in [1.807, 2.05) is 30.3 Å². The second kappa shape index (κ2) is 9.75. The zero-order valence-corrected chi connectivity index (χ0v) is 17.6. The zero-order chi connectivity index (χ0) is 19.7. The summed E-state index contributed by atoms with van der Waals surface area (Å²) in [7, 11) is 0. The van der Waals surface area contributed by atoms with Crippen LogP contribution in [-0.4, -0.2) is 24.8 Å². The van der Waals surface area contributed by atoms with Gasteiger partial charge in [0.1, 0.15) is 23.7 Å². The molecule has 0 radical (unpaired) electrons. The van der Waals surface area contributed by atoms with Gasteiger partial charge in [-0.3, -0.25) is 4.79 Å². The van der Waals surface area contributed by atoms with Crippen molar-refractivity contribution in [2.45, 2.75) is 26.4 Å². The number of ether oxygens (including phenoxy) is 1. The third kappa shape index (κ3) is 4.18. The lowest BCUT2D eigenvalue weighted by Gasteiger charge is -2.35. The Bertz CT molecular complexity index is 1070. The number of nitrogens with zero attached hydrogens (tertiary/aromatic N) is 1. The molecule has 0 aliphatic carbocycles. The van der Waals surface area contributed by atoms with Crippen LogP contribution in [0.1, 0.15) is 31.0 Å². The number of amides is 1. The Morgan fingerprint density at radius 1 is 1.17 bits per heavy atom. The predicted octanol–water partition coefficient (Wildman–Crippen LogP) is -0.948. The summed E-state index contributed by atoms with van der Waals surface area (Å²) in [6.45, 7) is 4.96. The highest BCUT2D eigenvalue weighted by atomic mass is 35.5. The van der Waals surface area contributed by atoms with Gasteiger partial charge in [-0.15, -0.1) is 0 Å². The van der Waals surface area contributed by atoms with Crippen LogP contribution in [0.25, 0.3) is 11.0 Å². The molecule has 1 aliphatic rings. The van der Waals surface area contributed by atoms with Crippen molar-refractivity contribution in [2.75, 3.05) is 18.2 Å². The van der Waals surface area contributed by atoms with Crippen molar-refractivity contribution in [1.82, 2.24) is 0 Å². The number of nitrogens with one attached hydrogen (secondary N) is 1. The van der Waals surface area contributed by atoms with Crippen LogP contribution in [0.2, 0.25) is 0 Å². The van der Waals surface area contributed by atoms with Crippen molar-refractivity contribution in [1.29, 1.82) is 0 Å². The molecule has 1 aliphatic heterocycles. The second-order valence-electron chi connectivity index (χ2n) is 6.96. The van der Waals surface area contributed by atoms with E-state index >= 15 is 0 Å². The molecule has 2 heterocycles. The lowest BCUT2D eigenvalue weighted by molar-refractivity contribution is -0.943. The molecule has 0 fully saturated rings. The third-order valence-corrected chi connectivity index (χ3v) is 5.28. The highest BCUT2D eigenvalue weighted by Gasteiger charge is 2.37. The average Bonchev–Trinajstić information content (AvgIpc) is 2.73. The maximum atomic E-state index is 13.2. The zero-order valence-electron chi connectivity index (χ0n) is 16.9. The Morgan fingerprint density at radius 2 is 1.83 bits per heavy atom. The normalized spacial score (nSPS) is 16.1. The van der Waals surface area contributed by atoms with Gasteiger partial charge < -0.3 is 31.9 Å². The Labute approximate surface area is 180 Å². The maximum absolute atomic E-state index is 13.2. The van der Waals surface area contributed by atoms with Gasteiger partial charge in [0.05, 0.1) is 12.0 Å². The molecule has 0 spiro atoms. The van der Waals surface area contributed by atoms with Gasteiger partial charge >= 0.3 is 6.09 Å². The summed E-state index contributed by atoms with van der Waals surface area (Å²) in [6, 6.07) is 17.3. The summed E-state index contributed by atoms with van der Waals surface area (Å²) in [5, 5.41) is 0.527. The number of carbonyl (C=O) groups is 1. The molecule has 0 bridgehead atoms. The first-order valence-electron chi connectivity index (χ1n) is 9.48. The van der Waals surface area contributed by atoms with E-state index in [0.717, 1.165) is 10.5 Å². The summed E-state index contributed by atoms with van der Waals surface area (Å²) in [5.41, 5.74) is 2.04. The van der Waals surface area contributed by atoms with E-state index in [1.54, 1.807) is 19.1 Å². The van der Waals surface area contributed by atoms with Crippen molar-refractivity contribution >= 4 is 22.9 Å². The number of para-hydroxylation sites is 1. The average molecular weight is 433 g/mol. The Morgan fingerprint density at radius 3 is 2.53 bits per heavy atom. The van der Waals surface area contributed by atoms with Crippen LogP contribution in [0, 0.1) is 0 Å². The molecule has 2 unspecified atom stereocenters. The molecule has 7 nitrogen and oxygen atoms in total. The maximum Gasteiger partial charge on any atom is 0.421 e. The van der Waals surface area contributed by atoms with E-state index in [-0.39, 0.29) is 36.0 Å². The Hall–Kier alpha value is -2.87. The van der Waals surface area contributed by atoms with Crippen molar-refractivity contribution < 1.29 is 36.7 Å². The molecule has 1 aromatic heterocycles. The number of anilines is 1. The van der Waals surface area contributed by atoms with Gasteiger partial charge in [-0.2, -0.15) is 4.90 Å². The molecule has 0 saturated heterocycles. The summed E-state index contributed by atoms with van der Waals surface area (Å²) >= 11 is 0. The fourth-order valence-corrected chi connectivity index (χ4v) is 3.72. The molecule has 30 heavy (non-hydrogen) atoms. The van der Waals surface area contributed by atoms with Gasteiger partial charge in [0, 0.05) is 5.56 Å². The molecule has 3 N–H and O–H groups in total. The van der Waals surface area contributed by atoms with E-state index in [1.165, 1.54) is 4.90 Å². The van der Waals surface area contributed by atoms with Crippen LogP contribution < -0.4 is 27.6 Å². The van der Waals surface area contributed by atoms with Gasteiger partial charge in [-0.05, 0) is 26.0 Å². The minimum Gasteiger partial charge on any atom is -1.00 e. The number of carbonyl (C=O) groups excluding carboxylic acids is 1. The molecule has 8 heteroatoms. The van der Waals surface area contributed by atoms with Crippen LogP contribution >= 0.6 is 0 Å². The number of rotatable bonds is 3. The van der Waals surface area contributed by atoms with Gasteiger partial charge in [-0.25, -0.2) is 4.79 Å². The van der Waals surface area contributed by atoms with E-state index in [0.29, 0.717) is 35.6 Å². The second-order valence-corrected chi connectivity index (χ2v) is 6.96. The smallest absolute Gasteiger partial charge is 0.421 e. The quantitative estimate of drug-likeness (QED) is 0.577. The highest BCUT2D eigenvalue weighted by molar-refractivity contribution is 5.89. The van der Waals surface area contributed by atoms with E-state index < -0.39 is 6.09 Å². The first kappa shape index (κ1) is 23.4. The van der Waals surface area contributed by atoms with Crippen molar-refractivity contribution in [3.05, 3.63) is 75.9 Å². The topological polar surface area (TPSA) is 95.7 Å². The first-order chi connectivity index (χ1) is 13.6. The number of hydrogen-bond donors (Lipinski definition) is 1. The van der Waals surface area contributed by atoms with Crippen molar-refractivity contribution in [3.8, 4) is 0 Å². The lowest BCUT2D eigenvalue weighted by atomic mass is 10.0. The van der Waals surface area contributed by atoms with Crippen LogP contribution in [-0.2, 0) is 11.3 Å². The fourth-order valence-electron chi connectivity index (χ4n) is 3.72. The SMILES string of the molecule is CCOC(=O)N1C[NH+](C(C)c2ccccc2)Cc2c1oc1ccccc1c2=O.O.[Cl-]. The van der Waals surface area contributed by atoms with Gasteiger partial charge in [0.25, 0.3) is 0 Å². The number of benzene rings is 2. The van der Waals surface area contributed by atoms with Gasteiger partial charge in [-0.1, -0.05) is 42.5 Å². The van der Waals surface area contributed by atoms with Gasteiger partial charge in [0.2, 0.25) is 11.3 Å². The first-order valence-corrected chi connectivity index (χ1v) is 9.48. The summed E-state index contributed by atoms with van der Waals surface area (Å²) < 4.78 is 11.2. The summed E-state index contributed by atoms with van der Waals surface area (Å²) in [6.07, 6.45) is -0.500. The minimum absolute atomic E-state index is 0. The largest absolute Gasteiger partial charge is 1.00 e. The monoisotopic (exact) mass is 432 g/mol. The van der Waals surface area contributed by atoms with Gasteiger partial charge in [0.15, 0.2) is 6.67 Å². The molecule has 2 aromatic carbocycles.